The van der Waals surface area contributed by atoms with E-state index in [0.29, 0.717) is 10.7 Å². The number of hydrogen-bond donors (Lipinski definition) is 5. The Balaban J connectivity index is 1.95. The Hall–Kier alpha value is -0.930. The van der Waals surface area contributed by atoms with Crippen LogP contribution >= 0.6 is 11.6 Å². The zero-order chi connectivity index (χ0) is 14.7. The molecule has 1 aromatic carbocycles. The Labute approximate surface area is 120 Å². The molecule has 112 valence electrons. The number of benzene rings is 1. The van der Waals surface area contributed by atoms with E-state index in [4.69, 9.17) is 26.3 Å². The first-order valence-electron chi connectivity index (χ1n) is 6.00. The summed E-state index contributed by atoms with van der Waals surface area (Å²) in [5.41, 5.74) is 3.10. The highest BCUT2D eigenvalue weighted by atomic mass is 35.5. The predicted octanol–water partition coefficient (Wildman–Crippen LogP) is -0.517. The molecule has 8 heteroatoms. The van der Waals surface area contributed by atoms with Gasteiger partial charge in [0.2, 0.25) is 6.29 Å². The monoisotopic (exact) mass is 305 g/mol. The standard InChI is InChI=1S/C12H16ClNO6/c13-6-1-3-7(4-2-6)14-20-12-11(18)10(17)9(16)8(5-15)19-12/h1-4,8-12,14-18H,5H2/t8-,9-,10+,11-,12+/m1/s1. The molecule has 20 heavy (non-hydrogen) atoms. The minimum Gasteiger partial charge on any atom is -0.394 e. The Kier molecular flexibility index (Phi) is 5.17. The van der Waals surface area contributed by atoms with Crippen molar-refractivity contribution in [3.8, 4) is 0 Å². The van der Waals surface area contributed by atoms with Crippen LogP contribution in [-0.4, -0.2) is 57.7 Å². The molecule has 0 amide bonds. The Morgan fingerprint density at radius 1 is 1.10 bits per heavy atom. The second-order valence-electron chi connectivity index (χ2n) is 4.42. The van der Waals surface area contributed by atoms with Crippen molar-refractivity contribution in [2.24, 2.45) is 0 Å². The molecule has 0 saturated carbocycles. The maximum atomic E-state index is 9.74. The quantitative estimate of drug-likeness (QED) is 0.476. The zero-order valence-electron chi connectivity index (χ0n) is 10.4. The summed E-state index contributed by atoms with van der Waals surface area (Å²) < 4.78 is 5.16. The molecular weight excluding hydrogens is 290 g/mol. The van der Waals surface area contributed by atoms with E-state index in [1.54, 1.807) is 24.3 Å². The van der Waals surface area contributed by atoms with E-state index in [1.165, 1.54) is 0 Å². The van der Waals surface area contributed by atoms with Crippen LogP contribution in [-0.2, 0) is 9.57 Å². The third kappa shape index (κ3) is 3.39. The van der Waals surface area contributed by atoms with Gasteiger partial charge in [-0.3, -0.25) is 5.48 Å². The van der Waals surface area contributed by atoms with E-state index in [2.05, 4.69) is 5.48 Å². The van der Waals surface area contributed by atoms with Crippen LogP contribution in [0.2, 0.25) is 5.02 Å². The highest BCUT2D eigenvalue weighted by molar-refractivity contribution is 6.30. The molecule has 5 atom stereocenters. The Bertz CT molecular complexity index is 428. The highest BCUT2D eigenvalue weighted by Crippen LogP contribution is 2.22. The maximum Gasteiger partial charge on any atom is 0.212 e. The first-order chi connectivity index (χ1) is 9.52. The van der Waals surface area contributed by atoms with Gasteiger partial charge in [-0.15, -0.1) is 0 Å². The van der Waals surface area contributed by atoms with Gasteiger partial charge < -0.3 is 25.2 Å². The molecule has 2 rings (SSSR count). The fraction of sp³-hybridized carbons (Fsp3) is 0.500. The van der Waals surface area contributed by atoms with Crippen LogP contribution in [0.15, 0.2) is 24.3 Å². The number of ether oxygens (including phenoxy) is 1. The topological polar surface area (TPSA) is 111 Å². The molecule has 1 aliphatic rings. The van der Waals surface area contributed by atoms with Crippen molar-refractivity contribution in [1.29, 1.82) is 0 Å². The van der Waals surface area contributed by atoms with Crippen molar-refractivity contribution in [2.45, 2.75) is 30.7 Å². The summed E-state index contributed by atoms with van der Waals surface area (Å²) in [6.07, 6.45) is -6.58. The number of nitrogens with one attached hydrogen (secondary N) is 1. The predicted molar refractivity (Wildman–Crippen MR) is 69.9 cm³/mol. The van der Waals surface area contributed by atoms with Crippen molar-refractivity contribution in [2.75, 3.05) is 12.1 Å². The van der Waals surface area contributed by atoms with E-state index < -0.39 is 37.3 Å². The van der Waals surface area contributed by atoms with Gasteiger partial charge in [0.15, 0.2) is 0 Å². The molecule has 0 bridgehead atoms. The molecule has 1 heterocycles. The average molecular weight is 306 g/mol. The molecule has 1 fully saturated rings. The molecule has 1 aliphatic heterocycles. The highest BCUT2D eigenvalue weighted by Gasteiger charge is 2.44. The lowest BCUT2D eigenvalue weighted by Crippen LogP contribution is -2.59. The van der Waals surface area contributed by atoms with Crippen LogP contribution < -0.4 is 5.48 Å². The van der Waals surface area contributed by atoms with Gasteiger partial charge in [-0.25, -0.2) is 4.84 Å². The minimum absolute atomic E-state index is 0.508. The van der Waals surface area contributed by atoms with Crippen LogP contribution in [0.3, 0.4) is 0 Å². The third-order valence-corrected chi connectivity index (χ3v) is 3.24. The van der Waals surface area contributed by atoms with Gasteiger partial charge >= 0.3 is 0 Å². The van der Waals surface area contributed by atoms with Crippen molar-refractivity contribution in [3.05, 3.63) is 29.3 Å². The van der Waals surface area contributed by atoms with Crippen LogP contribution in [0, 0.1) is 0 Å². The Morgan fingerprint density at radius 2 is 1.75 bits per heavy atom. The lowest BCUT2D eigenvalue weighted by molar-refractivity contribution is -0.294. The van der Waals surface area contributed by atoms with Crippen molar-refractivity contribution < 1.29 is 30.0 Å². The molecule has 1 saturated heterocycles. The summed E-state index contributed by atoms with van der Waals surface area (Å²) in [6.45, 7) is -0.508. The molecule has 0 unspecified atom stereocenters. The fourth-order valence-corrected chi connectivity index (χ4v) is 1.93. The average Bonchev–Trinajstić information content (AvgIpc) is 2.46. The van der Waals surface area contributed by atoms with Gasteiger partial charge in [0, 0.05) is 5.02 Å². The first-order valence-corrected chi connectivity index (χ1v) is 6.38. The lowest BCUT2D eigenvalue weighted by Gasteiger charge is -2.39. The number of aliphatic hydroxyl groups excluding tert-OH is 4. The number of rotatable bonds is 4. The van der Waals surface area contributed by atoms with Gasteiger partial charge in [-0.2, -0.15) is 0 Å². The molecule has 1 aromatic rings. The number of halogens is 1. The number of aliphatic hydroxyl groups is 4. The van der Waals surface area contributed by atoms with Gasteiger partial charge in [0.25, 0.3) is 0 Å². The zero-order valence-corrected chi connectivity index (χ0v) is 11.1. The van der Waals surface area contributed by atoms with E-state index in [-0.39, 0.29) is 0 Å². The van der Waals surface area contributed by atoms with Gasteiger partial charge in [0.05, 0.1) is 12.3 Å². The summed E-state index contributed by atoms with van der Waals surface area (Å²) in [7, 11) is 0. The normalized spacial score (nSPS) is 34.0. The molecule has 5 N–H and O–H groups in total. The molecular formula is C12H16ClNO6. The van der Waals surface area contributed by atoms with Crippen LogP contribution in [0.5, 0.6) is 0 Å². The first kappa shape index (κ1) is 15.5. The van der Waals surface area contributed by atoms with E-state index >= 15 is 0 Å². The minimum atomic E-state index is -1.47. The smallest absolute Gasteiger partial charge is 0.212 e. The molecule has 0 aliphatic carbocycles. The van der Waals surface area contributed by atoms with Gasteiger partial charge in [-0.1, -0.05) is 11.6 Å². The van der Waals surface area contributed by atoms with Crippen molar-refractivity contribution >= 4 is 17.3 Å². The molecule has 7 nitrogen and oxygen atoms in total. The number of hydrogen-bond acceptors (Lipinski definition) is 7. The summed E-state index contributed by atoms with van der Waals surface area (Å²) in [4.78, 5) is 5.12. The maximum absolute atomic E-state index is 9.74. The fourth-order valence-electron chi connectivity index (χ4n) is 1.81. The SMILES string of the molecule is OC[C@H]1O[C@@H](ONc2ccc(Cl)cc2)[C@H](O)[C@@H](O)[C@@H]1O. The largest absolute Gasteiger partial charge is 0.394 e. The second kappa shape index (κ2) is 6.68. The summed E-state index contributed by atoms with van der Waals surface area (Å²) in [5.74, 6) is 0. The van der Waals surface area contributed by atoms with Crippen LogP contribution in [0.25, 0.3) is 0 Å². The lowest BCUT2D eigenvalue weighted by atomic mass is 9.99. The van der Waals surface area contributed by atoms with Crippen molar-refractivity contribution in [3.63, 3.8) is 0 Å². The molecule has 0 spiro atoms. The molecule has 0 aromatic heterocycles. The Morgan fingerprint density at radius 3 is 2.35 bits per heavy atom. The van der Waals surface area contributed by atoms with Gasteiger partial charge in [-0.05, 0) is 24.3 Å². The summed E-state index contributed by atoms with van der Waals surface area (Å²) in [6, 6.07) is 6.57. The van der Waals surface area contributed by atoms with E-state index in [9.17, 15) is 15.3 Å². The molecule has 0 radical (unpaired) electrons. The third-order valence-electron chi connectivity index (χ3n) is 2.99. The van der Waals surface area contributed by atoms with E-state index in [1.807, 2.05) is 0 Å². The number of anilines is 1. The van der Waals surface area contributed by atoms with Crippen molar-refractivity contribution in [1.82, 2.24) is 0 Å². The van der Waals surface area contributed by atoms with Crippen LogP contribution in [0.4, 0.5) is 5.69 Å². The van der Waals surface area contributed by atoms with Gasteiger partial charge in [0.1, 0.15) is 24.4 Å². The summed E-state index contributed by atoms with van der Waals surface area (Å²) >= 11 is 5.73. The van der Waals surface area contributed by atoms with E-state index in [0.717, 1.165) is 0 Å². The second-order valence-corrected chi connectivity index (χ2v) is 4.86. The van der Waals surface area contributed by atoms with Crippen LogP contribution in [0.1, 0.15) is 0 Å². The summed E-state index contributed by atoms with van der Waals surface area (Å²) in [5, 5.41) is 38.5.